The molecule has 0 unspecified atom stereocenters. The van der Waals surface area contributed by atoms with E-state index in [0.717, 1.165) is 12.0 Å². The molecule has 0 aliphatic rings. The monoisotopic (exact) mass is 229 g/mol. The Balaban J connectivity index is 2.66. The molecule has 0 bridgehead atoms. The van der Waals surface area contributed by atoms with Crippen LogP contribution in [0.3, 0.4) is 0 Å². The van der Waals surface area contributed by atoms with Crippen molar-refractivity contribution in [3.05, 3.63) is 41.6 Å². The molecular formula is C13H15N3O. The Morgan fingerprint density at radius 3 is 2.82 bits per heavy atom. The van der Waals surface area contributed by atoms with E-state index in [4.69, 9.17) is 5.26 Å². The number of nitrogens with zero attached hydrogens (tertiary/aromatic N) is 1. The maximum atomic E-state index is 11.5. The van der Waals surface area contributed by atoms with E-state index in [2.05, 4.69) is 10.6 Å². The molecule has 0 aliphatic heterocycles. The molecule has 0 saturated heterocycles. The number of nitrogens with one attached hydrogen (secondary N) is 2. The molecule has 0 atom stereocenters. The van der Waals surface area contributed by atoms with Crippen molar-refractivity contribution < 1.29 is 4.79 Å². The second-order valence-electron chi connectivity index (χ2n) is 3.60. The molecule has 17 heavy (non-hydrogen) atoms. The molecule has 1 aromatic rings. The molecule has 0 radical (unpaired) electrons. The van der Waals surface area contributed by atoms with Gasteiger partial charge in [0.25, 0.3) is 0 Å². The summed E-state index contributed by atoms with van der Waals surface area (Å²) in [6, 6.07) is 8.54. The van der Waals surface area contributed by atoms with Gasteiger partial charge in [0, 0.05) is 6.20 Å². The van der Waals surface area contributed by atoms with E-state index in [1.54, 1.807) is 30.5 Å². The average Bonchev–Trinajstić information content (AvgIpc) is 2.36. The number of anilines is 1. The van der Waals surface area contributed by atoms with Gasteiger partial charge in [0.2, 0.25) is 0 Å². The SMILES string of the molecule is CC/C(C)=C/NC(=O)Nc1ccccc1C#N. The van der Waals surface area contributed by atoms with Crippen LogP contribution in [-0.2, 0) is 0 Å². The zero-order valence-corrected chi connectivity index (χ0v) is 9.95. The minimum absolute atomic E-state index is 0.347. The molecule has 0 heterocycles. The number of amides is 2. The molecule has 2 N–H and O–H groups in total. The molecular weight excluding hydrogens is 214 g/mol. The van der Waals surface area contributed by atoms with Crippen LogP contribution in [0.15, 0.2) is 36.0 Å². The number of benzene rings is 1. The van der Waals surface area contributed by atoms with Crippen LogP contribution in [0.2, 0.25) is 0 Å². The lowest BCUT2D eigenvalue weighted by molar-refractivity contribution is 0.255. The Kier molecular flexibility index (Phi) is 4.77. The summed E-state index contributed by atoms with van der Waals surface area (Å²) >= 11 is 0. The minimum atomic E-state index is -0.347. The van der Waals surface area contributed by atoms with Gasteiger partial charge >= 0.3 is 6.03 Å². The lowest BCUT2D eigenvalue weighted by atomic mass is 10.2. The lowest BCUT2D eigenvalue weighted by Crippen LogP contribution is -2.24. The molecule has 0 aliphatic carbocycles. The minimum Gasteiger partial charge on any atom is -0.314 e. The fourth-order valence-corrected chi connectivity index (χ4v) is 1.14. The van der Waals surface area contributed by atoms with Gasteiger partial charge in [-0.2, -0.15) is 5.26 Å². The van der Waals surface area contributed by atoms with Crippen molar-refractivity contribution in [2.45, 2.75) is 20.3 Å². The van der Waals surface area contributed by atoms with Crippen LogP contribution in [0.25, 0.3) is 0 Å². The third-order valence-electron chi connectivity index (χ3n) is 2.30. The topological polar surface area (TPSA) is 64.9 Å². The van der Waals surface area contributed by atoms with Gasteiger partial charge in [0.15, 0.2) is 0 Å². The largest absolute Gasteiger partial charge is 0.323 e. The first-order valence-electron chi connectivity index (χ1n) is 5.39. The number of nitriles is 1. The molecule has 0 fully saturated rings. The molecule has 1 rings (SSSR count). The Labute approximate surface area is 101 Å². The van der Waals surface area contributed by atoms with Crippen LogP contribution in [-0.4, -0.2) is 6.03 Å². The highest BCUT2D eigenvalue weighted by molar-refractivity contribution is 5.91. The zero-order chi connectivity index (χ0) is 12.7. The maximum Gasteiger partial charge on any atom is 0.323 e. The fourth-order valence-electron chi connectivity index (χ4n) is 1.14. The number of urea groups is 1. The van der Waals surface area contributed by atoms with E-state index in [9.17, 15) is 4.79 Å². The van der Waals surface area contributed by atoms with E-state index in [0.29, 0.717) is 11.3 Å². The molecule has 0 saturated carbocycles. The molecule has 0 aromatic heterocycles. The maximum absolute atomic E-state index is 11.5. The molecule has 88 valence electrons. The van der Waals surface area contributed by atoms with Crippen molar-refractivity contribution in [2.24, 2.45) is 0 Å². The van der Waals surface area contributed by atoms with Crippen LogP contribution in [0.5, 0.6) is 0 Å². The quantitative estimate of drug-likeness (QED) is 0.836. The first kappa shape index (κ1) is 12.8. The summed E-state index contributed by atoms with van der Waals surface area (Å²) in [7, 11) is 0. The van der Waals surface area contributed by atoms with Crippen LogP contribution >= 0.6 is 0 Å². The van der Waals surface area contributed by atoms with Crippen molar-refractivity contribution in [1.82, 2.24) is 5.32 Å². The number of hydrogen-bond donors (Lipinski definition) is 2. The van der Waals surface area contributed by atoms with Crippen molar-refractivity contribution in [3.8, 4) is 6.07 Å². The van der Waals surface area contributed by atoms with Gasteiger partial charge in [-0.3, -0.25) is 0 Å². The molecule has 4 nitrogen and oxygen atoms in total. The van der Waals surface area contributed by atoms with Crippen molar-refractivity contribution in [1.29, 1.82) is 5.26 Å². The number of allylic oxidation sites excluding steroid dienone is 1. The highest BCUT2D eigenvalue weighted by atomic mass is 16.2. The van der Waals surface area contributed by atoms with Crippen molar-refractivity contribution in [3.63, 3.8) is 0 Å². The van der Waals surface area contributed by atoms with Crippen LogP contribution in [0.4, 0.5) is 10.5 Å². The first-order valence-corrected chi connectivity index (χ1v) is 5.39. The van der Waals surface area contributed by atoms with Crippen LogP contribution in [0.1, 0.15) is 25.8 Å². The molecule has 2 amide bonds. The Morgan fingerprint density at radius 2 is 2.18 bits per heavy atom. The zero-order valence-electron chi connectivity index (χ0n) is 9.95. The normalized spacial score (nSPS) is 10.5. The number of para-hydroxylation sites is 1. The van der Waals surface area contributed by atoms with Gasteiger partial charge in [-0.05, 0) is 25.5 Å². The summed E-state index contributed by atoms with van der Waals surface area (Å²) in [6.45, 7) is 3.94. The summed E-state index contributed by atoms with van der Waals surface area (Å²) in [6.07, 6.45) is 2.54. The summed E-state index contributed by atoms with van der Waals surface area (Å²) in [5, 5.41) is 14.1. The summed E-state index contributed by atoms with van der Waals surface area (Å²) < 4.78 is 0. The molecule has 1 aromatic carbocycles. The van der Waals surface area contributed by atoms with Gasteiger partial charge in [-0.1, -0.05) is 24.6 Å². The second-order valence-corrected chi connectivity index (χ2v) is 3.60. The van der Waals surface area contributed by atoms with Gasteiger partial charge in [-0.25, -0.2) is 4.79 Å². The smallest absolute Gasteiger partial charge is 0.314 e. The van der Waals surface area contributed by atoms with E-state index >= 15 is 0 Å². The van der Waals surface area contributed by atoms with Gasteiger partial charge in [-0.15, -0.1) is 0 Å². The summed E-state index contributed by atoms with van der Waals surface area (Å²) in [5.41, 5.74) is 2.03. The number of carbonyl (C=O) groups is 1. The van der Waals surface area contributed by atoms with Gasteiger partial charge < -0.3 is 10.6 Å². The molecule has 0 spiro atoms. The third-order valence-corrected chi connectivity index (χ3v) is 2.30. The predicted octanol–water partition coefficient (Wildman–Crippen LogP) is 2.99. The first-order chi connectivity index (χ1) is 8.17. The second kappa shape index (κ2) is 6.33. The van der Waals surface area contributed by atoms with E-state index in [1.165, 1.54) is 0 Å². The van der Waals surface area contributed by atoms with E-state index < -0.39 is 0 Å². The van der Waals surface area contributed by atoms with E-state index in [1.807, 2.05) is 19.9 Å². The average molecular weight is 229 g/mol. The van der Waals surface area contributed by atoms with Gasteiger partial charge in [0.1, 0.15) is 6.07 Å². The molecule has 4 heteroatoms. The highest BCUT2D eigenvalue weighted by Crippen LogP contribution is 2.12. The highest BCUT2D eigenvalue weighted by Gasteiger charge is 2.03. The Hall–Kier alpha value is -2.28. The summed E-state index contributed by atoms with van der Waals surface area (Å²) in [4.78, 5) is 11.5. The van der Waals surface area contributed by atoms with Crippen molar-refractivity contribution >= 4 is 11.7 Å². The summed E-state index contributed by atoms with van der Waals surface area (Å²) in [5.74, 6) is 0. The van der Waals surface area contributed by atoms with E-state index in [-0.39, 0.29) is 6.03 Å². The Morgan fingerprint density at radius 1 is 1.47 bits per heavy atom. The lowest BCUT2D eigenvalue weighted by Gasteiger charge is -2.06. The van der Waals surface area contributed by atoms with Crippen molar-refractivity contribution in [2.75, 3.05) is 5.32 Å². The van der Waals surface area contributed by atoms with Crippen LogP contribution in [0, 0.1) is 11.3 Å². The fraction of sp³-hybridized carbons (Fsp3) is 0.231. The number of hydrogen-bond acceptors (Lipinski definition) is 2. The van der Waals surface area contributed by atoms with Crippen LogP contribution < -0.4 is 10.6 Å². The number of carbonyl (C=O) groups excluding carboxylic acids is 1. The van der Waals surface area contributed by atoms with Gasteiger partial charge in [0.05, 0.1) is 11.3 Å². The third kappa shape index (κ3) is 3.99. The Bertz CT molecular complexity index is 472. The predicted molar refractivity (Wildman–Crippen MR) is 67.4 cm³/mol. The standard InChI is InChI=1S/C13H15N3O/c1-3-10(2)9-15-13(17)16-12-7-5-4-6-11(12)8-14/h4-7,9H,3H2,1-2H3,(H2,15,16,17)/b10-9+. The number of rotatable bonds is 3.